The van der Waals surface area contributed by atoms with Crippen molar-refractivity contribution < 1.29 is 31.8 Å². The molecule has 2 aromatic rings. The third kappa shape index (κ3) is 2.42. The number of hydrogen-bond donors (Lipinski definition) is 1. The molecule has 0 saturated carbocycles. The first-order valence-electron chi connectivity index (χ1n) is 5.58. The molecule has 1 atom stereocenters. The minimum Gasteiger partial charge on any atom is -0.495 e. The molecule has 0 amide bonds. The molecule has 0 bridgehead atoms. The lowest BCUT2D eigenvalue weighted by Crippen LogP contribution is -2.14. The highest BCUT2D eigenvalue weighted by Crippen LogP contribution is 2.33. The molecule has 1 aromatic carbocycles. The number of aliphatic hydroxyl groups is 1. The molecule has 1 N–H and O–H groups in total. The number of rotatable bonds is 3. The Morgan fingerprint density at radius 1 is 1.00 bits per heavy atom. The van der Waals surface area contributed by atoms with E-state index in [2.05, 4.69) is 4.98 Å². The lowest BCUT2D eigenvalue weighted by atomic mass is 10.0. The third-order valence-corrected chi connectivity index (χ3v) is 2.80. The summed E-state index contributed by atoms with van der Waals surface area (Å²) in [5, 5.41) is 9.93. The fourth-order valence-electron chi connectivity index (χ4n) is 1.78. The van der Waals surface area contributed by atoms with Crippen LogP contribution in [0.3, 0.4) is 0 Å². The first-order chi connectivity index (χ1) is 9.90. The van der Waals surface area contributed by atoms with Gasteiger partial charge < -0.3 is 9.84 Å². The highest BCUT2D eigenvalue weighted by molar-refractivity contribution is 5.37. The molecule has 21 heavy (non-hydrogen) atoms. The number of aliphatic hydroxyl groups excluding tert-OH is 1. The van der Waals surface area contributed by atoms with Gasteiger partial charge >= 0.3 is 0 Å². The highest BCUT2D eigenvalue weighted by Gasteiger charge is 2.32. The van der Waals surface area contributed by atoms with E-state index < -0.39 is 40.8 Å². The van der Waals surface area contributed by atoms with Crippen LogP contribution < -0.4 is 4.74 Å². The lowest BCUT2D eigenvalue weighted by Gasteiger charge is -2.16. The number of aromatic nitrogens is 1. The molecule has 1 unspecified atom stereocenters. The van der Waals surface area contributed by atoms with Crippen molar-refractivity contribution in [2.75, 3.05) is 7.11 Å². The Morgan fingerprint density at radius 3 is 2.05 bits per heavy atom. The Bertz CT molecular complexity index is 663. The predicted octanol–water partition coefficient (Wildman–Crippen LogP) is 2.87. The van der Waals surface area contributed by atoms with E-state index in [4.69, 9.17) is 4.74 Å². The fourth-order valence-corrected chi connectivity index (χ4v) is 1.78. The maximum Gasteiger partial charge on any atom is 0.200 e. The van der Waals surface area contributed by atoms with E-state index in [1.807, 2.05) is 0 Å². The molecule has 1 heterocycles. The zero-order chi connectivity index (χ0) is 15.7. The van der Waals surface area contributed by atoms with Gasteiger partial charge in [-0.2, -0.15) is 0 Å². The number of methoxy groups -OCH3 is 1. The number of nitrogens with zero attached hydrogens (tertiary/aromatic N) is 1. The van der Waals surface area contributed by atoms with Gasteiger partial charge in [0.05, 0.1) is 12.7 Å². The quantitative estimate of drug-likeness (QED) is 0.539. The van der Waals surface area contributed by atoms with Gasteiger partial charge in [0.1, 0.15) is 17.5 Å². The molecule has 2 rings (SSSR count). The summed E-state index contributed by atoms with van der Waals surface area (Å²) in [4.78, 5) is 3.64. The van der Waals surface area contributed by atoms with Crippen LogP contribution in [0, 0.1) is 29.1 Å². The van der Waals surface area contributed by atoms with Crippen LogP contribution >= 0.6 is 0 Å². The molecular weight excluding hydrogens is 297 g/mol. The van der Waals surface area contributed by atoms with Crippen LogP contribution in [-0.2, 0) is 0 Å². The molecule has 0 aliphatic rings. The van der Waals surface area contributed by atoms with E-state index in [0.29, 0.717) is 0 Å². The minimum atomic E-state index is -2.30. The van der Waals surface area contributed by atoms with Gasteiger partial charge in [-0.3, -0.25) is 4.98 Å². The van der Waals surface area contributed by atoms with E-state index >= 15 is 0 Å². The molecule has 1 aromatic heterocycles. The third-order valence-electron chi connectivity index (χ3n) is 2.80. The average molecular weight is 305 g/mol. The van der Waals surface area contributed by atoms with E-state index in [1.54, 1.807) is 0 Å². The first-order valence-corrected chi connectivity index (χ1v) is 5.58. The summed E-state index contributed by atoms with van der Waals surface area (Å²) in [6, 6.07) is 2.73. The van der Waals surface area contributed by atoms with Crippen molar-refractivity contribution in [3.8, 4) is 5.75 Å². The topological polar surface area (TPSA) is 42.4 Å². The summed E-state index contributed by atoms with van der Waals surface area (Å²) in [6.07, 6.45) is -1.00. The molecule has 0 radical (unpaired) electrons. The average Bonchev–Trinajstić information content (AvgIpc) is 2.51. The second kappa shape index (κ2) is 5.65. The Morgan fingerprint density at radius 2 is 1.52 bits per heavy atom. The predicted molar refractivity (Wildman–Crippen MR) is 61.1 cm³/mol. The van der Waals surface area contributed by atoms with E-state index in [-0.39, 0.29) is 11.4 Å². The van der Waals surface area contributed by atoms with Crippen LogP contribution in [0.2, 0.25) is 0 Å². The minimum absolute atomic E-state index is 0.0612. The largest absolute Gasteiger partial charge is 0.495 e. The van der Waals surface area contributed by atoms with Crippen LogP contribution in [0.25, 0.3) is 0 Å². The molecule has 8 heteroatoms. The molecule has 0 aliphatic heterocycles. The van der Waals surface area contributed by atoms with Crippen molar-refractivity contribution in [2.24, 2.45) is 0 Å². The normalized spacial score (nSPS) is 12.3. The smallest absolute Gasteiger partial charge is 0.200 e. The van der Waals surface area contributed by atoms with Crippen molar-refractivity contribution >= 4 is 0 Å². The van der Waals surface area contributed by atoms with Crippen LogP contribution in [-0.4, -0.2) is 17.2 Å². The van der Waals surface area contributed by atoms with Gasteiger partial charge in [-0.05, 0) is 12.1 Å². The Kier molecular flexibility index (Phi) is 4.08. The Hall–Kier alpha value is -2.22. The maximum atomic E-state index is 13.6. The van der Waals surface area contributed by atoms with Crippen molar-refractivity contribution in [3.63, 3.8) is 0 Å². The molecule has 3 nitrogen and oxygen atoms in total. The van der Waals surface area contributed by atoms with E-state index in [1.165, 1.54) is 25.4 Å². The highest BCUT2D eigenvalue weighted by atomic mass is 19.2. The summed E-state index contributed by atoms with van der Waals surface area (Å²) < 4.78 is 71.3. The van der Waals surface area contributed by atoms with Crippen LogP contribution in [0.1, 0.15) is 17.4 Å². The summed E-state index contributed by atoms with van der Waals surface area (Å²) in [5.41, 5.74) is -1.76. The first kappa shape index (κ1) is 15.2. The van der Waals surface area contributed by atoms with Crippen LogP contribution in [0.5, 0.6) is 5.75 Å². The number of hydrogen-bond acceptors (Lipinski definition) is 3. The second-order valence-corrected chi connectivity index (χ2v) is 3.98. The SMILES string of the molecule is COc1cccnc1C(O)c1c(F)c(F)c(F)c(F)c1F. The number of halogens is 5. The maximum absolute atomic E-state index is 13.6. The van der Waals surface area contributed by atoms with E-state index in [0.717, 1.165) is 0 Å². The molecule has 112 valence electrons. The zero-order valence-electron chi connectivity index (χ0n) is 10.5. The van der Waals surface area contributed by atoms with Gasteiger partial charge in [-0.1, -0.05) is 0 Å². The summed E-state index contributed by atoms with van der Waals surface area (Å²) in [7, 11) is 1.20. The van der Waals surface area contributed by atoms with Gasteiger partial charge in [0.2, 0.25) is 5.82 Å². The molecule has 0 aliphatic carbocycles. The summed E-state index contributed by atoms with van der Waals surface area (Å²) >= 11 is 0. The zero-order valence-corrected chi connectivity index (χ0v) is 10.5. The van der Waals surface area contributed by atoms with Crippen LogP contribution in [0.15, 0.2) is 18.3 Å². The van der Waals surface area contributed by atoms with Gasteiger partial charge in [-0.25, -0.2) is 22.0 Å². The monoisotopic (exact) mass is 305 g/mol. The Labute approximate surface area is 115 Å². The number of pyridine rings is 1. The molecule has 0 fully saturated rings. The van der Waals surface area contributed by atoms with Gasteiger partial charge in [-0.15, -0.1) is 0 Å². The number of benzene rings is 1. The van der Waals surface area contributed by atoms with Crippen molar-refractivity contribution in [1.29, 1.82) is 0 Å². The van der Waals surface area contributed by atoms with E-state index in [9.17, 15) is 27.1 Å². The lowest BCUT2D eigenvalue weighted by molar-refractivity contribution is 0.193. The van der Waals surface area contributed by atoms with Gasteiger partial charge in [0.15, 0.2) is 23.3 Å². The fraction of sp³-hybridized carbons (Fsp3) is 0.154. The van der Waals surface area contributed by atoms with Crippen molar-refractivity contribution in [2.45, 2.75) is 6.10 Å². The van der Waals surface area contributed by atoms with Gasteiger partial charge in [0.25, 0.3) is 0 Å². The Balaban J connectivity index is 2.67. The van der Waals surface area contributed by atoms with Gasteiger partial charge in [0, 0.05) is 6.20 Å². The molecular formula is C13H8F5NO2. The number of ether oxygens (including phenoxy) is 1. The second-order valence-electron chi connectivity index (χ2n) is 3.98. The van der Waals surface area contributed by atoms with Crippen molar-refractivity contribution in [3.05, 3.63) is 58.7 Å². The molecule has 0 saturated heterocycles. The molecule has 0 spiro atoms. The summed E-state index contributed by atoms with van der Waals surface area (Å²) in [5.74, 6) is -10.9. The van der Waals surface area contributed by atoms with Crippen LogP contribution in [0.4, 0.5) is 22.0 Å². The van der Waals surface area contributed by atoms with Crippen molar-refractivity contribution in [1.82, 2.24) is 4.98 Å². The summed E-state index contributed by atoms with van der Waals surface area (Å²) in [6.45, 7) is 0. The standard InChI is InChI=1S/C13H8F5NO2/c1-21-5-3-2-4-19-12(5)13(20)6-7(14)9(16)11(18)10(17)8(6)15/h2-4,13,20H,1H3.